The Hall–Kier alpha value is -2.59. The number of nitrogens with zero attached hydrogens (tertiary/aromatic N) is 1. The first-order chi connectivity index (χ1) is 13.1. The molecule has 0 fully saturated rings. The van der Waals surface area contributed by atoms with Crippen molar-refractivity contribution in [2.45, 2.75) is 38.3 Å². The van der Waals surface area contributed by atoms with Gasteiger partial charge in [0.15, 0.2) is 0 Å². The van der Waals surface area contributed by atoms with Gasteiger partial charge in [-0.2, -0.15) is 0 Å². The van der Waals surface area contributed by atoms with E-state index < -0.39 is 0 Å². The van der Waals surface area contributed by atoms with Gasteiger partial charge in [-0.05, 0) is 56.5 Å². The van der Waals surface area contributed by atoms with Gasteiger partial charge >= 0.3 is 0 Å². The fraction of sp³-hybridized carbons (Fsp3) is 0.348. The minimum absolute atomic E-state index is 0.0218. The Morgan fingerprint density at radius 3 is 2.85 bits per heavy atom. The van der Waals surface area contributed by atoms with E-state index in [0.717, 1.165) is 29.6 Å². The summed E-state index contributed by atoms with van der Waals surface area (Å²) in [4.78, 5) is 14.8. The summed E-state index contributed by atoms with van der Waals surface area (Å²) in [5.74, 6) is 0.809. The Bertz CT molecular complexity index is 913. The van der Waals surface area contributed by atoms with Gasteiger partial charge in [0.25, 0.3) is 0 Å². The highest BCUT2D eigenvalue weighted by atomic mass is 16.3. The molecular weight excluding hydrogens is 336 g/mol. The molecule has 0 spiro atoms. The van der Waals surface area contributed by atoms with Crippen LogP contribution in [0.2, 0.25) is 0 Å². The van der Waals surface area contributed by atoms with Gasteiger partial charge in [0, 0.05) is 11.4 Å². The number of carbonyl (C=O) groups is 1. The van der Waals surface area contributed by atoms with E-state index in [4.69, 9.17) is 4.42 Å². The van der Waals surface area contributed by atoms with Gasteiger partial charge in [0.2, 0.25) is 5.91 Å². The smallest absolute Gasteiger partial charge is 0.234 e. The molecule has 0 saturated carbocycles. The molecule has 1 aliphatic carbocycles. The Kier molecular flexibility index (Phi) is 4.99. The van der Waals surface area contributed by atoms with E-state index in [1.165, 1.54) is 17.5 Å². The third-order valence-electron chi connectivity index (χ3n) is 5.51. The highest BCUT2D eigenvalue weighted by molar-refractivity contribution is 5.80. The van der Waals surface area contributed by atoms with E-state index >= 15 is 0 Å². The first-order valence-electron chi connectivity index (χ1n) is 9.67. The van der Waals surface area contributed by atoms with Crippen molar-refractivity contribution in [2.24, 2.45) is 0 Å². The van der Waals surface area contributed by atoms with E-state index in [0.29, 0.717) is 12.6 Å². The second-order valence-corrected chi connectivity index (χ2v) is 7.50. The van der Waals surface area contributed by atoms with Gasteiger partial charge < -0.3 is 9.73 Å². The molecule has 0 aliphatic heterocycles. The van der Waals surface area contributed by atoms with Crippen LogP contribution < -0.4 is 5.32 Å². The van der Waals surface area contributed by atoms with Crippen molar-refractivity contribution in [1.82, 2.24) is 10.2 Å². The standard InChI is InChI=1S/C23H26N2O2/c1-16(22-14-18-9-4-6-13-21(18)27-22)24-23(26)15-25(2)20-12-7-10-17-8-3-5-11-19(17)20/h3-6,8-9,11,13-14,16,20H,7,10,12,15H2,1-2H3,(H,24,26)/t16-,20+/m0/s1. The van der Waals surface area contributed by atoms with Crippen LogP contribution in [-0.4, -0.2) is 24.4 Å². The van der Waals surface area contributed by atoms with Crippen molar-refractivity contribution in [3.8, 4) is 0 Å². The highest BCUT2D eigenvalue weighted by Crippen LogP contribution is 2.33. The Labute approximate surface area is 160 Å². The number of likely N-dealkylation sites (N-methyl/N-ethyl adjacent to an activating group) is 1. The third kappa shape index (κ3) is 3.76. The van der Waals surface area contributed by atoms with Gasteiger partial charge in [-0.25, -0.2) is 0 Å². The van der Waals surface area contributed by atoms with Crippen LogP contribution in [0.4, 0.5) is 0 Å². The number of aryl methyl sites for hydroxylation is 1. The molecular formula is C23H26N2O2. The molecule has 3 aromatic rings. The average Bonchev–Trinajstić information content (AvgIpc) is 3.12. The normalized spacial score (nSPS) is 17.7. The summed E-state index contributed by atoms with van der Waals surface area (Å²) in [5.41, 5.74) is 3.63. The molecule has 140 valence electrons. The Balaban J connectivity index is 1.40. The van der Waals surface area contributed by atoms with Crippen LogP contribution in [0.5, 0.6) is 0 Å². The summed E-state index contributed by atoms with van der Waals surface area (Å²) >= 11 is 0. The van der Waals surface area contributed by atoms with Gasteiger partial charge in [0.05, 0.1) is 12.6 Å². The lowest BCUT2D eigenvalue weighted by Gasteiger charge is -2.33. The molecule has 2 atom stereocenters. The first kappa shape index (κ1) is 17.8. The molecule has 1 aliphatic rings. The van der Waals surface area contributed by atoms with Crippen LogP contribution >= 0.6 is 0 Å². The fourth-order valence-corrected chi connectivity index (χ4v) is 4.10. The lowest BCUT2D eigenvalue weighted by molar-refractivity contribution is -0.123. The topological polar surface area (TPSA) is 45.5 Å². The maximum absolute atomic E-state index is 12.6. The van der Waals surface area contributed by atoms with E-state index in [-0.39, 0.29) is 11.9 Å². The lowest BCUT2D eigenvalue weighted by Crippen LogP contribution is -2.39. The minimum Gasteiger partial charge on any atom is -0.459 e. The van der Waals surface area contributed by atoms with E-state index in [1.54, 1.807) is 0 Å². The lowest BCUT2D eigenvalue weighted by atomic mass is 9.87. The summed E-state index contributed by atoms with van der Waals surface area (Å²) in [6, 6.07) is 18.7. The monoisotopic (exact) mass is 362 g/mol. The van der Waals surface area contributed by atoms with Gasteiger partial charge in [0.1, 0.15) is 11.3 Å². The van der Waals surface area contributed by atoms with Crippen molar-refractivity contribution >= 4 is 16.9 Å². The van der Waals surface area contributed by atoms with Crippen molar-refractivity contribution in [1.29, 1.82) is 0 Å². The number of benzene rings is 2. The summed E-state index contributed by atoms with van der Waals surface area (Å²) in [5, 5.41) is 4.14. The molecule has 1 N–H and O–H groups in total. The Morgan fingerprint density at radius 1 is 1.22 bits per heavy atom. The SMILES string of the molecule is C[C@H](NC(=O)CN(C)[C@@H]1CCCc2ccccc21)c1cc2ccccc2o1. The molecule has 1 aromatic heterocycles. The van der Waals surface area contributed by atoms with Crippen LogP contribution in [0, 0.1) is 0 Å². The molecule has 2 aromatic carbocycles. The molecule has 0 unspecified atom stereocenters. The first-order valence-corrected chi connectivity index (χ1v) is 9.67. The summed E-state index contributed by atoms with van der Waals surface area (Å²) in [6.07, 6.45) is 3.40. The average molecular weight is 362 g/mol. The number of hydrogen-bond acceptors (Lipinski definition) is 3. The summed E-state index contributed by atoms with van der Waals surface area (Å²) in [6.45, 7) is 2.34. The largest absolute Gasteiger partial charge is 0.459 e. The van der Waals surface area contributed by atoms with Crippen molar-refractivity contribution in [3.63, 3.8) is 0 Å². The van der Waals surface area contributed by atoms with Crippen LogP contribution in [0.15, 0.2) is 59.0 Å². The number of furan rings is 1. The maximum Gasteiger partial charge on any atom is 0.234 e. The van der Waals surface area contributed by atoms with Gasteiger partial charge in [-0.15, -0.1) is 0 Å². The zero-order valence-electron chi connectivity index (χ0n) is 15.9. The molecule has 0 saturated heterocycles. The summed E-state index contributed by atoms with van der Waals surface area (Å²) in [7, 11) is 2.04. The van der Waals surface area contributed by atoms with Gasteiger partial charge in [-0.3, -0.25) is 9.69 Å². The maximum atomic E-state index is 12.6. The van der Waals surface area contributed by atoms with E-state index in [1.807, 2.05) is 44.3 Å². The zero-order valence-corrected chi connectivity index (χ0v) is 15.9. The predicted octanol–water partition coefficient (Wildman–Crippen LogP) is 4.62. The molecule has 0 radical (unpaired) electrons. The quantitative estimate of drug-likeness (QED) is 0.720. The van der Waals surface area contributed by atoms with E-state index in [9.17, 15) is 4.79 Å². The van der Waals surface area contributed by atoms with E-state index in [2.05, 4.69) is 34.5 Å². The molecule has 4 nitrogen and oxygen atoms in total. The number of rotatable bonds is 5. The highest BCUT2D eigenvalue weighted by Gasteiger charge is 2.25. The van der Waals surface area contributed by atoms with Crippen LogP contribution in [0.1, 0.15) is 48.7 Å². The van der Waals surface area contributed by atoms with Crippen LogP contribution in [0.3, 0.4) is 0 Å². The molecule has 1 heterocycles. The third-order valence-corrected chi connectivity index (χ3v) is 5.51. The second kappa shape index (κ2) is 7.57. The van der Waals surface area contributed by atoms with Gasteiger partial charge in [-0.1, -0.05) is 42.5 Å². The number of para-hydroxylation sites is 1. The number of hydrogen-bond donors (Lipinski definition) is 1. The molecule has 1 amide bonds. The van der Waals surface area contributed by atoms with Crippen molar-refractivity contribution in [2.75, 3.05) is 13.6 Å². The predicted molar refractivity (Wildman–Crippen MR) is 108 cm³/mol. The number of amides is 1. The van der Waals surface area contributed by atoms with Crippen molar-refractivity contribution < 1.29 is 9.21 Å². The molecule has 0 bridgehead atoms. The molecule has 4 rings (SSSR count). The second-order valence-electron chi connectivity index (χ2n) is 7.50. The fourth-order valence-electron chi connectivity index (χ4n) is 4.10. The molecule has 27 heavy (non-hydrogen) atoms. The minimum atomic E-state index is -0.156. The van der Waals surface area contributed by atoms with Crippen molar-refractivity contribution in [3.05, 3.63) is 71.5 Å². The number of fused-ring (bicyclic) bond motifs is 2. The van der Waals surface area contributed by atoms with Crippen LogP contribution in [0.25, 0.3) is 11.0 Å². The zero-order chi connectivity index (χ0) is 18.8. The summed E-state index contributed by atoms with van der Waals surface area (Å²) < 4.78 is 5.87. The number of carbonyl (C=O) groups excluding carboxylic acids is 1. The number of nitrogens with one attached hydrogen (secondary N) is 1. The Morgan fingerprint density at radius 2 is 2.00 bits per heavy atom. The van der Waals surface area contributed by atoms with Crippen LogP contribution in [-0.2, 0) is 11.2 Å². The molecule has 4 heteroatoms.